The van der Waals surface area contributed by atoms with Gasteiger partial charge in [0.25, 0.3) is 5.91 Å². The van der Waals surface area contributed by atoms with Crippen LogP contribution in [0.4, 0.5) is 5.69 Å². The van der Waals surface area contributed by atoms with Crippen LogP contribution in [-0.4, -0.2) is 37.1 Å². The number of carbonyl (C=O) groups is 1. The van der Waals surface area contributed by atoms with Crippen molar-refractivity contribution in [2.45, 2.75) is 13.2 Å². The zero-order chi connectivity index (χ0) is 21.6. The Labute approximate surface area is 190 Å². The predicted molar refractivity (Wildman–Crippen MR) is 120 cm³/mol. The van der Waals surface area contributed by atoms with Crippen molar-refractivity contribution < 1.29 is 18.7 Å². The second kappa shape index (κ2) is 10.2. The summed E-state index contributed by atoms with van der Waals surface area (Å²) in [6.45, 7) is 4.28. The summed E-state index contributed by atoms with van der Waals surface area (Å²) in [5.74, 6) is 0.834. The Kier molecular flexibility index (Phi) is 7.14. The van der Waals surface area contributed by atoms with Crippen molar-refractivity contribution in [2.75, 3.05) is 31.6 Å². The molecule has 0 aliphatic carbocycles. The van der Waals surface area contributed by atoms with Crippen LogP contribution in [0.25, 0.3) is 0 Å². The Bertz CT molecular complexity index is 1050. The van der Waals surface area contributed by atoms with Crippen LogP contribution in [0, 0.1) is 0 Å². The van der Waals surface area contributed by atoms with Gasteiger partial charge in [-0.25, -0.2) is 0 Å². The quantitative estimate of drug-likeness (QED) is 0.521. The van der Waals surface area contributed by atoms with Gasteiger partial charge in [0.15, 0.2) is 5.76 Å². The number of morpholine rings is 1. The molecule has 1 amide bonds. The summed E-state index contributed by atoms with van der Waals surface area (Å²) in [6, 6.07) is 16.3. The average molecular weight is 461 g/mol. The molecule has 31 heavy (non-hydrogen) atoms. The van der Waals surface area contributed by atoms with E-state index in [1.165, 1.54) is 0 Å². The van der Waals surface area contributed by atoms with Crippen LogP contribution >= 0.6 is 23.2 Å². The first-order chi connectivity index (χ1) is 15.1. The topological polar surface area (TPSA) is 63.9 Å². The third kappa shape index (κ3) is 5.80. The highest BCUT2D eigenvalue weighted by molar-refractivity contribution is 6.42. The number of anilines is 1. The summed E-state index contributed by atoms with van der Waals surface area (Å²) < 4.78 is 16.7. The van der Waals surface area contributed by atoms with Crippen molar-refractivity contribution in [1.29, 1.82) is 0 Å². The standard InChI is InChI=1S/C23H22Cl2N2O4/c24-19-5-2-6-20(22(19)25)30-15-18-7-8-21(31-18)23(28)26-17-4-1-3-16(13-17)14-27-9-11-29-12-10-27/h1-8,13H,9-12,14-15H2,(H,26,28). The number of hydrogen-bond donors (Lipinski definition) is 1. The molecule has 1 fully saturated rings. The maximum absolute atomic E-state index is 12.6. The summed E-state index contributed by atoms with van der Waals surface area (Å²) in [7, 11) is 0. The van der Waals surface area contributed by atoms with Crippen molar-refractivity contribution in [3.63, 3.8) is 0 Å². The number of nitrogens with zero attached hydrogens (tertiary/aromatic N) is 1. The number of amides is 1. The second-order valence-corrected chi connectivity index (χ2v) is 7.93. The van der Waals surface area contributed by atoms with Crippen LogP contribution in [0.15, 0.2) is 59.0 Å². The maximum atomic E-state index is 12.6. The van der Waals surface area contributed by atoms with Crippen LogP contribution in [0.2, 0.25) is 10.0 Å². The van der Waals surface area contributed by atoms with Gasteiger partial charge >= 0.3 is 0 Å². The molecule has 0 saturated carbocycles. The Morgan fingerprint density at radius 3 is 2.71 bits per heavy atom. The zero-order valence-corrected chi connectivity index (χ0v) is 18.3. The molecule has 3 aromatic rings. The molecule has 1 N–H and O–H groups in total. The third-order valence-corrected chi connectivity index (χ3v) is 5.67. The van der Waals surface area contributed by atoms with Gasteiger partial charge in [-0.15, -0.1) is 0 Å². The highest BCUT2D eigenvalue weighted by Crippen LogP contribution is 2.32. The number of furan rings is 1. The minimum Gasteiger partial charge on any atom is -0.484 e. The summed E-state index contributed by atoms with van der Waals surface area (Å²) in [6.07, 6.45) is 0. The van der Waals surface area contributed by atoms with Crippen molar-refractivity contribution in [3.05, 3.63) is 81.7 Å². The minimum absolute atomic E-state index is 0.127. The van der Waals surface area contributed by atoms with Crippen LogP contribution in [-0.2, 0) is 17.9 Å². The number of nitrogens with one attached hydrogen (secondary N) is 1. The van der Waals surface area contributed by atoms with Gasteiger partial charge in [-0.3, -0.25) is 9.69 Å². The Hall–Kier alpha value is -2.51. The van der Waals surface area contributed by atoms with Gasteiger partial charge < -0.3 is 19.2 Å². The van der Waals surface area contributed by atoms with Gasteiger partial charge in [0, 0.05) is 25.3 Å². The first kappa shape index (κ1) is 21.7. The largest absolute Gasteiger partial charge is 0.484 e. The molecular formula is C23H22Cl2N2O4. The van der Waals surface area contributed by atoms with Crippen LogP contribution in [0.5, 0.6) is 5.75 Å². The van der Waals surface area contributed by atoms with Gasteiger partial charge in [0.05, 0.1) is 18.2 Å². The number of carbonyl (C=O) groups excluding carboxylic acids is 1. The lowest BCUT2D eigenvalue weighted by Crippen LogP contribution is -2.35. The van der Waals surface area contributed by atoms with Crippen molar-refractivity contribution in [3.8, 4) is 5.75 Å². The monoisotopic (exact) mass is 460 g/mol. The number of rotatable bonds is 7. The van der Waals surface area contributed by atoms with Crippen molar-refractivity contribution >= 4 is 34.8 Å². The maximum Gasteiger partial charge on any atom is 0.291 e. The molecule has 0 unspecified atom stereocenters. The summed E-state index contributed by atoms with van der Waals surface area (Å²) in [5.41, 5.74) is 1.85. The van der Waals surface area contributed by atoms with E-state index < -0.39 is 0 Å². The lowest BCUT2D eigenvalue weighted by molar-refractivity contribution is 0.0342. The fourth-order valence-corrected chi connectivity index (χ4v) is 3.63. The Morgan fingerprint density at radius 1 is 1.06 bits per heavy atom. The number of ether oxygens (including phenoxy) is 2. The van der Waals surface area contributed by atoms with Gasteiger partial charge in [-0.05, 0) is 42.0 Å². The number of hydrogen-bond acceptors (Lipinski definition) is 5. The fourth-order valence-electron chi connectivity index (χ4n) is 3.28. The van der Waals surface area contributed by atoms with E-state index in [0.717, 1.165) is 44.1 Å². The minimum atomic E-state index is -0.324. The predicted octanol–water partition coefficient (Wildman–Crippen LogP) is 5.25. The summed E-state index contributed by atoms with van der Waals surface area (Å²) in [5, 5.41) is 3.63. The second-order valence-electron chi connectivity index (χ2n) is 7.15. The van der Waals surface area contributed by atoms with Gasteiger partial charge in [-0.1, -0.05) is 41.4 Å². The first-order valence-electron chi connectivity index (χ1n) is 9.94. The van der Waals surface area contributed by atoms with E-state index in [4.69, 9.17) is 37.1 Å². The molecule has 1 aromatic heterocycles. The molecule has 0 spiro atoms. The molecular weight excluding hydrogens is 439 g/mol. The molecule has 0 radical (unpaired) electrons. The van der Waals surface area contributed by atoms with E-state index in [1.807, 2.05) is 18.2 Å². The lowest BCUT2D eigenvalue weighted by atomic mass is 10.2. The average Bonchev–Trinajstić information content (AvgIpc) is 3.25. The molecule has 4 rings (SSSR count). The lowest BCUT2D eigenvalue weighted by Gasteiger charge is -2.26. The van der Waals surface area contributed by atoms with E-state index in [9.17, 15) is 4.79 Å². The van der Waals surface area contributed by atoms with Crippen LogP contribution < -0.4 is 10.1 Å². The number of benzene rings is 2. The van der Waals surface area contributed by atoms with E-state index in [-0.39, 0.29) is 18.3 Å². The third-order valence-electron chi connectivity index (χ3n) is 4.87. The van der Waals surface area contributed by atoms with E-state index in [0.29, 0.717) is 21.6 Å². The Morgan fingerprint density at radius 2 is 1.87 bits per heavy atom. The molecule has 1 aliphatic heterocycles. The van der Waals surface area contributed by atoms with E-state index >= 15 is 0 Å². The molecule has 6 nitrogen and oxygen atoms in total. The molecule has 0 atom stereocenters. The Balaban J connectivity index is 1.34. The van der Waals surface area contributed by atoms with Crippen LogP contribution in [0.1, 0.15) is 21.9 Å². The molecule has 162 valence electrons. The SMILES string of the molecule is O=C(Nc1cccc(CN2CCOCC2)c1)c1ccc(COc2cccc(Cl)c2Cl)o1. The normalized spacial score (nSPS) is 14.4. The van der Waals surface area contributed by atoms with Gasteiger partial charge in [0.1, 0.15) is 23.1 Å². The van der Waals surface area contributed by atoms with E-state index in [2.05, 4.69) is 16.3 Å². The smallest absolute Gasteiger partial charge is 0.291 e. The molecule has 2 heterocycles. The van der Waals surface area contributed by atoms with Crippen molar-refractivity contribution in [1.82, 2.24) is 4.90 Å². The molecule has 1 aliphatic rings. The van der Waals surface area contributed by atoms with E-state index in [1.54, 1.807) is 30.3 Å². The highest BCUT2D eigenvalue weighted by atomic mass is 35.5. The highest BCUT2D eigenvalue weighted by Gasteiger charge is 2.14. The first-order valence-corrected chi connectivity index (χ1v) is 10.7. The van der Waals surface area contributed by atoms with Crippen LogP contribution in [0.3, 0.4) is 0 Å². The van der Waals surface area contributed by atoms with Gasteiger partial charge in [0.2, 0.25) is 0 Å². The summed E-state index contributed by atoms with van der Waals surface area (Å²) >= 11 is 12.1. The van der Waals surface area contributed by atoms with Gasteiger partial charge in [-0.2, -0.15) is 0 Å². The van der Waals surface area contributed by atoms with Crippen molar-refractivity contribution in [2.24, 2.45) is 0 Å². The molecule has 0 bridgehead atoms. The zero-order valence-electron chi connectivity index (χ0n) is 16.8. The molecule has 2 aromatic carbocycles. The molecule has 8 heteroatoms. The number of halogens is 2. The molecule has 1 saturated heterocycles. The fraction of sp³-hybridized carbons (Fsp3) is 0.261. The summed E-state index contributed by atoms with van der Waals surface area (Å²) in [4.78, 5) is 14.9.